The van der Waals surface area contributed by atoms with Gasteiger partial charge in [0.1, 0.15) is 5.75 Å². The highest BCUT2D eigenvalue weighted by molar-refractivity contribution is 5.90. The van der Waals surface area contributed by atoms with Crippen LogP contribution in [0.3, 0.4) is 0 Å². The number of urea groups is 1. The number of amides is 2. The van der Waals surface area contributed by atoms with Gasteiger partial charge in [-0.2, -0.15) is 0 Å². The number of fused-ring (bicyclic) bond motifs is 1. The molecule has 0 unspecified atom stereocenters. The first-order chi connectivity index (χ1) is 13.0. The number of aliphatic hydroxyl groups excluding tert-OH is 1. The Hall–Kier alpha value is -2.53. The number of anilines is 1. The number of aliphatic hydroxyl groups is 1. The molecule has 0 atom stereocenters. The first-order valence-electron chi connectivity index (χ1n) is 9.55. The van der Waals surface area contributed by atoms with Crippen LogP contribution >= 0.6 is 0 Å². The highest BCUT2D eigenvalue weighted by atomic mass is 16.5. The summed E-state index contributed by atoms with van der Waals surface area (Å²) in [7, 11) is 0. The third-order valence-electron chi connectivity index (χ3n) is 5.07. The number of hydrogen-bond acceptors (Lipinski definition) is 3. The molecule has 0 spiro atoms. The summed E-state index contributed by atoms with van der Waals surface area (Å²) in [6.45, 7) is 4.67. The number of aryl methyl sites for hydroxylation is 1. The fraction of sp³-hybridized carbons (Fsp3) is 0.409. The largest absolute Gasteiger partial charge is 0.494 e. The monoisotopic (exact) mass is 368 g/mol. The second-order valence-electron chi connectivity index (χ2n) is 7.32. The third-order valence-corrected chi connectivity index (χ3v) is 5.07. The maximum Gasteiger partial charge on any atom is 0.319 e. The Morgan fingerprint density at radius 1 is 1.19 bits per heavy atom. The SMILES string of the molecule is CCCCOc1ccc(NC(=O)NC2(CO)Cc3ccccc3C2)c(C)c1. The Labute approximate surface area is 160 Å². The number of rotatable bonds is 7. The first-order valence-corrected chi connectivity index (χ1v) is 9.55. The summed E-state index contributed by atoms with van der Waals surface area (Å²) < 4.78 is 5.70. The summed E-state index contributed by atoms with van der Waals surface area (Å²) in [6.07, 6.45) is 3.38. The molecule has 1 aliphatic carbocycles. The lowest BCUT2D eigenvalue weighted by Crippen LogP contribution is -2.53. The van der Waals surface area contributed by atoms with Gasteiger partial charge in [-0.15, -0.1) is 0 Å². The molecule has 5 heteroatoms. The standard InChI is InChI=1S/C22H28N2O3/c1-3-4-11-27-19-9-10-20(16(2)12-19)23-21(26)24-22(15-25)13-17-7-5-6-8-18(17)14-22/h5-10,12,25H,3-4,11,13-15H2,1-2H3,(H2,23,24,26). The summed E-state index contributed by atoms with van der Waals surface area (Å²) in [4.78, 5) is 12.6. The highest BCUT2D eigenvalue weighted by Crippen LogP contribution is 2.30. The molecule has 2 amide bonds. The minimum Gasteiger partial charge on any atom is -0.494 e. The van der Waals surface area contributed by atoms with Gasteiger partial charge >= 0.3 is 6.03 Å². The average Bonchev–Trinajstić information content (AvgIpc) is 3.02. The number of ether oxygens (including phenoxy) is 1. The van der Waals surface area contributed by atoms with Crippen LogP contribution in [0.1, 0.15) is 36.5 Å². The highest BCUT2D eigenvalue weighted by Gasteiger charge is 2.38. The van der Waals surface area contributed by atoms with E-state index in [0.29, 0.717) is 19.4 Å². The van der Waals surface area contributed by atoms with Gasteiger partial charge in [0.2, 0.25) is 0 Å². The summed E-state index contributed by atoms with van der Waals surface area (Å²) in [5.41, 5.74) is 3.38. The van der Waals surface area contributed by atoms with Gasteiger partial charge < -0.3 is 20.5 Å². The lowest BCUT2D eigenvalue weighted by molar-refractivity contribution is 0.169. The van der Waals surface area contributed by atoms with Gasteiger partial charge in [0, 0.05) is 5.69 Å². The van der Waals surface area contributed by atoms with Gasteiger partial charge in [0.25, 0.3) is 0 Å². The van der Waals surface area contributed by atoms with E-state index in [1.807, 2.05) is 49.4 Å². The quantitative estimate of drug-likeness (QED) is 0.651. The second kappa shape index (κ2) is 8.44. The number of nitrogens with one attached hydrogen (secondary N) is 2. The van der Waals surface area contributed by atoms with Crippen LogP contribution in [0.15, 0.2) is 42.5 Å². The van der Waals surface area contributed by atoms with Gasteiger partial charge in [0.05, 0.1) is 18.8 Å². The van der Waals surface area contributed by atoms with Gasteiger partial charge in [-0.25, -0.2) is 4.79 Å². The molecule has 0 heterocycles. The lowest BCUT2D eigenvalue weighted by Gasteiger charge is -2.28. The van der Waals surface area contributed by atoms with Crippen molar-refractivity contribution in [3.05, 3.63) is 59.2 Å². The van der Waals surface area contributed by atoms with Crippen LogP contribution in [0.25, 0.3) is 0 Å². The van der Waals surface area contributed by atoms with E-state index in [0.717, 1.165) is 29.8 Å². The number of benzene rings is 2. The Balaban J connectivity index is 1.62. The molecular formula is C22H28N2O3. The lowest BCUT2D eigenvalue weighted by atomic mass is 9.97. The van der Waals surface area contributed by atoms with Crippen LogP contribution in [0.2, 0.25) is 0 Å². The maximum atomic E-state index is 12.6. The zero-order valence-electron chi connectivity index (χ0n) is 16.0. The zero-order valence-corrected chi connectivity index (χ0v) is 16.0. The fourth-order valence-corrected chi connectivity index (χ4v) is 3.53. The van der Waals surface area contributed by atoms with Crippen molar-refractivity contribution in [3.8, 4) is 5.75 Å². The van der Waals surface area contributed by atoms with E-state index in [1.165, 1.54) is 11.1 Å². The van der Waals surface area contributed by atoms with Crippen molar-refractivity contribution >= 4 is 11.7 Å². The Morgan fingerprint density at radius 3 is 2.48 bits per heavy atom. The molecule has 0 aliphatic heterocycles. The van der Waals surface area contributed by atoms with E-state index in [9.17, 15) is 9.90 Å². The molecule has 0 bridgehead atoms. The molecule has 2 aromatic rings. The Morgan fingerprint density at radius 2 is 1.89 bits per heavy atom. The van der Waals surface area contributed by atoms with Gasteiger partial charge in [-0.3, -0.25) is 0 Å². The minimum atomic E-state index is -0.648. The summed E-state index contributed by atoms with van der Waals surface area (Å²) in [5.74, 6) is 0.810. The van der Waals surface area contributed by atoms with E-state index in [-0.39, 0.29) is 12.6 Å². The normalized spacial score (nSPS) is 14.5. The fourth-order valence-electron chi connectivity index (χ4n) is 3.53. The average molecular weight is 368 g/mol. The van der Waals surface area contributed by atoms with Crippen molar-refractivity contribution in [3.63, 3.8) is 0 Å². The molecule has 5 nitrogen and oxygen atoms in total. The van der Waals surface area contributed by atoms with Crippen molar-refractivity contribution in [2.45, 2.75) is 45.1 Å². The van der Waals surface area contributed by atoms with Crippen molar-refractivity contribution in [1.29, 1.82) is 0 Å². The molecule has 2 aromatic carbocycles. The molecule has 0 saturated carbocycles. The Bertz CT molecular complexity index is 779. The van der Waals surface area contributed by atoms with Gasteiger partial charge in [-0.05, 0) is 61.1 Å². The maximum absolute atomic E-state index is 12.6. The Kier molecular flexibility index (Phi) is 6.01. The first kappa shape index (κ1) is 19.2. The molecule has 144 valence electrons. The molecule has 3 rings (SSSR count). The summed E-state index contributed by atoms with van der Waals surface area (Å²) in [5, 5.41) is 15.8. The number of unbranched alkanes of at least 4 members (excludes halogenated alkanes) is 1. The number of carbonyl (C=O) groups is 1. The molecule has 1 aliphatic rings. The van der Waals surface area contributed by atoms with Crippen molar-refractivity contribution in [2.24, 2.45) is 0 Å². The van der Waals surface area contributed by atoms with Crippen molar-refractivity contribution in [2.75, 3.05) is 18.5 Å². The number of carbonyl (C=O) groups excluding carboxylic acids is 1. The predicted octanol–water partition coefficient (Wildman–Crippen LogP) is 3.83. The van der Waals surface area contributed by atoms with E-state index in [4.69, 9.17) is 4.74 Å². The molecule has 0 radical (unpaired) electrons. The minimum absolute atomic E-state index is 0.0989. The van der Waals surface area contributed by atoms with E-state index in [2.05, 4.69) is 17.6 Å². The molecule has 0 aromatic heterocycles. The van der Waals surface area contributed by atoms with Crippen LogP contribution in [-0.2, 0) is 12.8 Å². The van der Waals surface area contributed by atoms with Crippen LogP contribution in [0, 0.1) is 6.92 Å². The molecule has 3 N–H and O–H groups in total. The van der Waals surface area contributed by atoms with Crippen LogP contribution in [0.4, 0.5) is 10.5 Å². The van der Waals surface area contributed by atoms with E-state index in [1.54, 1.807) is 0 Å². The summed E-state index contributed by atoms with van der Waals surface area (Å²) >= 11 is 0. The van der Waals surface area contributed by atoms with Crippen molar-refractivity contribution in [1.82, 2.24) is 5.32 Å². The molecular weight excluding hydrogens is 340 g/mol. The second-order valence-corrected chi connectivity index (χ2v) is 7.32. The van der Waals surface area contributed by atoms with Crippen LogP contribution in [0.5, 0.6) is 5.75 Å². The van der Waals surface area contributed by atoms with Gasteiger partial charge in [0.15, 0.2) is 0 Å². The van der Waals surface area contributed by atoms with Crippen LogP contribution in [-0.4, -0.2) is 29.9 Å². The third kappa shape index (κ3) is 4.61. The zero-order chi connectivity index (χ0) is 19.3. The van der Waals surface area contributed by atoms with Gasteiger partial charge in [-0.1, -0.05) is 37.6 Å². The smallest absolute Gasteiger partial charge is 0.319 e. The molecule has 0 saturated heterocycles. The van der Waals surface area contributed by atoms with Crippen LogP contribution < -0.4 is 15.4 Å². The molecule has 0 fully saturated rings. The predicted molar refractivity (Wildman–Crippen MR) is 107 cm³/mol. The number of hydrogen-bond donors (Lipinski definition) is 3. The topological polar surface area (TPSA) is 70.6 Å². The van der Waals surface area contributed by atoms with E-state index >= 15 is 0 Å². The molecule has 27 heavy (non-hydrogen) atoms. The van der Waals surface area contributed by atoms with E-state index < -0.39 is 5.54 Å². The summed E-state index contributed by atoms with van der Waals surface area (Å²) in [6, 6.07) is 13.4. The van der Waals surface area contributed by atoms with Crippen molar-refractivity contribution < 1.29 is 14.6 Å².